The minimum absolute atomic E-state index is 0.842. The summed E-state index contributed by atoms with van der Waals surface area (Å²) >= 11 is 0. The summed E-state index contributed by atoms with van der Waals surface area (Å²) in [6.45, 7) is 2.15. The topological polar surface area (TPSA) is 41.8 Å². The van der Waals surface area contributed by atoms with E-state index >= 15 is 0 Å². The zero-order valence-electron chi connectivity index (χ0n) is 9.25. The number of aromatic nitrogens is 1. The zero-order chi connectivity index (χ0) is 11.1. The molecule has 0 amide bonds. The van der Waals surface area contributed by atoms with Crippen LogP contribution in [-0.4, -0.2) is 4.98 Å². The molecule has 1 aromatic heterocycles. The van der Waals surface area contributed by atoms with E-state index in [1.165, 1.54) is 27.4 Å². The molecule has 0 aliphatic heterocycles. The largest absolute Gasteiger partial charge is 0.399 e. The molecule has 0 saturated heterocycles. The fourth-order valence-electron chi connectivity index (χ4n) is 2.33. The molecule has 0 spiro atoms. The van der Waals surface area contributed by atoms with Crippen molar-refractivity contribution < 1.29 is 0 Å². The van der Waals surface area contributed by atoms with E-state index in [0.29, 0.717) is 0 Å². The van der Waals surface area contributed by atoms with Gasteiger partial charge in [-0.2, -0.15) is 0 Å². The summed E-state index contributed by atoms with van der Waals surface area (Å²) in [7, 11) is 0. The van der Waals surface area contributed by atoms with Gasteiger partial charge in [-0.3, -0.25) is 0 Å². The van der Waals surface area contributed by atoms with Gasteiger partial charge in [-0.15, -0.1) is 0 Å². The number of hydrogen-bond acceptors (Lipinski definition) is 1. The highest BCUT2D eigenvalue weighted by Crippen LogP contribution is 2.29. The van der Waals surface area contributed by atoms with Crippen molar-refractivity contribution in [3.63, 3.8) is 0 Å². The molecule has 3 rings (SSSR count). The molecule has 0 bridgehead atoms. The Kier molecular flexibility index (Phi) is 1.90. The van der Waals surface area contributed by atoms with Crippen molar-refractivity contribution in [3.05, 3.63) is 42.0 Å². The molecule has 0 aliphatic carbocycles. The van der Waals surface area contributed by atoms with Crippen molar-refractivity contribution in [2.24, 2.45) is 0 Å². The molecular formula is C14H14N2. The fourth-order valence-corrected chi connectivity index (χ4v) is 2.33. The Hall–Kier alpha value is -1.96. The van der Waals surface area contributed by atoms with E-state index in [2.05, 4.69) is 36.2 Å². The van der Waals surface area contributed by atoms with Crippen molar-refractivity contribution in [1.29, 1.82) is 0 Å². The number of aryl methyl sites for hydroxylation is 1. The predicted octanol–water partition coefficient (Wildman–Crippen LogP) is 3.47. The van der Waals surface area contributed by atoms with Crippen LogP contribution in [0.25, 0.3) is 21.8 Å². The Balaban J connectivity index is 2.54. The first-order valence-electron chi connectivity index (χ1n) is 5.58. The van der Waals surface area contributed by atoms with Gasteiger partial charge >= 0.3 is 0 Å². The smallest absolute Gasteiger partial charge is 0.0498 e. The monoisotopic (exact) mass is 210 g/mol. The zero-order valence-corrected chi connectivity index (χ0v) is 9.25. The second kappa shape index (κ2) is 3.27. The standard InChI is InChI=1S/C14H14N2/c1-2-9-7-10(15)8-12-11-5-3-4-6-13(11)16-14(9)12/h3-8,16H,2,15H2,1H3. The van der Waals surface area contributed by atoms with Gasteiger partial charge in [0.25, 0.3) is 0 Å². The van der Waals surface area contributed by atoms with Gasteiger partial charge < -0.3 is 10.7 Å². The van der Waals surface area contributed by atoms with Gasteiger partial charge in [0.05, 0.1) is 0 Å². The van der Waals surface area contributed by atoms with Crippen LogP contribution in [0.1, 0.15) is 12.5 Å². The Bertz CT molecular complexity index is 665. The molecular weight excluding hydrogens is 196 g/mol. The quantitative estimate of drug-likeness (QED) is 0.593. The van der Waals surface area contributed by atoms with Gasteiger partial charge in [0, 0.05) is 27.5 Å². The molecule has 1 heterocycles. The Labute approximate surface area is 94.1 Å². The van der Waals surface area contributed by atoms with Gasteiger partial charge in [-0.05, 0) is 30.2 Å². The van der Waals surface area contributed by atoms with E-state index in [1.807, 2.05) is 12.1 Å². The molecule has 80 valence electrons. The van der Waals surface area contributed by atoms with Crippen molar-refractivity contribution in [2.75, 3.05) is 5.73 Å². The number of hydrogen-bond donors (Lipinski definition) is 2. The highest BCUT2D eigenvalue weighted by Gasteiger charge is 2.07. The maximum Gasteiger partial charge on any atom is 0.0498 e. The summed E-state index contributed by atoms with van der Waals surface area (Å²) in [5, 5.41) is 2.48. The first-order valence-corrected chi connectivity index (χ1v) is 5.58. The number of rotatable bonds is 1. The molecule has 2 nitrogen and oxygen atoms in total. The minimum Gasteiger partial charge on any atom is -0.399 e. The Morgan fingerprint density at radius 1 is 1.12 bits per heavy atom. The van der Waals surface area contributed by atoms with Crippen LogP contribution in [0.2, 0.25) is 0 Å². The Morgan fingerprint density at radius 2 is 1.94 bits per heavy atom. The van der Waals surface area contributed by atoms with Crippen LogP contribution in [0, 0.1) is 0 Å². The van der Waals surface area contributed by atoms with Crippen molar-refractivity contribution in [1.82, 2.24) is 4.98 Å². The normalized spacial score (nSPS) is 11.3. The third kappa shape index (κ3) is 1.20. The molecule has 2 heteroatoms. The maximum atomic E-state index is 5.94. The molecule has 3 N–H and O–H groups in total. The van der Waals surface area contributed by atoms with Crippen molar-refractivity contribution in [3.8, 4) is 0 Å². The second-order valence-electron chi connectivity index (χ2n) is 4.13. The SMILES string of the molecule is CCc1cc(N)cc2c1[nH]c1ccccc12. The lowest BCUT2D eigenvalue weighted by Gasteiger charge is -2.01. The molecule has 0 radical (unpaired) electrons. The Morgan fingerprint density at radius 3 is 2.75 bits per heavy atom. The van der Waals surface area contributed by atoms with Crippen molar-refractivity contribution >= 4 is 27.5 Å². The molecule has 0 atom stereocenters. The highest BCUT2D eigenvalue weighted by molar-refractivity contribution is 6.09. The van der Waals surface area contributed by atoms with Crippen molar-refractivity contribution in [2.45, 2.75) is 13.3 Å². The van der Waals surface area contributed by atoms with Crippen LogP contribution < -0.4 is 5.73 Å². The number of anilines is 1. The number of H-pyrrole nitrogens is 1. The first-order chi connectivity index (χ1) is 7.79. The van der Waals surface area contributed by atoms with Crippen LogP contribution in [-0.2, 0) is 6.42 Å². The summed E-state index contributed by atoms with van der Waals surface area (Å²) in [6.07, 6.45) is 0.994. The fraction of sp³-hybridized carbons (Fsp3) is 0.143. The summed E-state index contributed by atoms with van der Waals surface area (Å²) in [5.74, 6) is 0. The number of nitrogen functional groups attached to an aromatic ring is 1. The number of aromatic amines is 1. The molecule has 3 aromatic rings. The van der Waals surface area contributed by atoms with E-state index < -0.39 is 0 Å². The van der Waals surface area contributed by atoms with E-state index in [4.69, 9.17) is 5.73 Å². The number of benzene rings is 2. The van der Waals surface area contributed by atoms with E-state index in [0.717, 1.165) is 12.1 Å². The number of nitrogens with two attached hydrogens (primary N) is 1. The number of para-hydroxylation sites is 1. The lowest BCUT2D eigenvalue weighted by atomic mass is 10.1. The molecule has 16 heavy (non-hydrogen) atoms. The summed E-state index contributed by atoms with van der Waals surface area (Å²) in [5.41, 5.74) is 10.5. The molecule has 0 saturated carbocycles. The van der Waals surface area contributed by atoms with Crippen LogP contribution in [0.15, 0.2) is 36.4 Å². The molecule has 2 aromatic carbocycles. The number of fused-ring (bicyclic) bond motifs is 3. The third-order valence-corrected chi connectivity index (χ3v) is 3.10. The highest BCUT2D eigenvalue weighted by atomic mass is 14.7. The maximum absolute atomic E-state index is 5.94. The lowest BCUT2D eigenvalue weighted by Crippen LogP contribution is -1.89. The van der Waals surface area contributed by atoms with Crippen LogP contribution >= 0.6 is 0 Å². The van der Waals surface area contributed by atoms with Crippen LogP contribution in [0.5, 0.6) is 0 Å². The van der Waals surface area contributed by atoms with Gasteiger partial charge in [-0.1, -0.05) is 25.1 Å². The summed E-state index contributed by atoms with van der Waals surface area (Å²) in [6, 6.07) is 12.4. The first kappa shape index (κ1) is 9.28. The van der Waals surface area contributed by atoms with Gasteiger partial charge in [0.15, 0.2) is 0 Å². The lowest BCUT2D eigenvalue weighted by molar-refractivity contribution is 1.15. The average molecular weight is 210 g/mol. The number of nitrogens with one attached hydrogen (secondary N) is 1. The van der Waals surface area contributed by atoms with Gasteiger partial charge in [-0.25, -0.2) is 0 Å². The third-order valence-electron chi connectivity index (χ3n) is 3.10. The molecule has 0 unspecified atom stereocenters. The minimum atomic E-state index is 0.842. The van der Waals surface area contributed by atoms with E-state index in [-0.39, 0.29) is 0 Å². The van der Waals surface area contributed by atoms with E-state index in [9.17, 15) is 0 Å². The average Bonchev–Trinajstić information content (AvgIpc) is 2.67. The van der Waals surface area contributed by atoms with Crippen LogP contribution in [0.4, 0.5) is 5.69 Å². The molecule has 0 fully saturated rings. The predicted molar refractivity (Wildman–Crippen MR) is 69.6 cm³/mol. The van der Waals surface area contributed by atoms with E-state index in [1.54, 1.807) is 0 Å². The second-order valence-corrected chi connectivity index (χ2v) is 4.13. The van der Waals surface area contributed by atoms with Crippen LogP contribution in [0.3, 0.4) is 0 Å². The summed E-state index contributed by atoms with van der Waals surface area (Å²) in [4.78, 5) is 3.47. The molecule has 0 aliphatic rings. The summed E-state index contributed by atoms with van der Waals surface area (Å²) < 4.78 is 0. The van der Waals surface area contributed by atoms with Gasteiger partial charge in [0.2, 0.25) is 0 Å². The van der Waals surface area contributed by atoms with Gasteiger partial charge in [0.1, 0.15) is 0 Å².